The molecule has 1 amide bonds. The number of pyridine rings is 1. The summed E-state index contributed by atoms with van der Waals surface area (Å²) < 4.78 is 33.1. The van der Waals surface area contributed by atoms with E-state index in [-0.39, 0.29) is 38.9 Å². The third-order valence-electron chi connectivity index (χ3n) is 4.04. The summed E-state index contributed by atoms with van der Waals surface area (Å²) in [5.41, 5.74) is -0.170. The Morgan fingerprint density at radius 1 is 1.47 bits per heavy atom. The summed E-state index contributed by atoms with van der Waals surface area (Å²) in [4.78, 5) is 27.4. The summed E-state index contributed by atoms with van der Waals surface area (Å²) in [6.45, 7) is 4.25. The van der Waals surface area contributed by atoms with Crippen molar-refractivity contribution in [2.75, 3.05) is 13.7 Å². The maximum Gasteiger partial charge on any atom is 0.301 e. The number of carbonyl (C=O) groups is 1. The number of nitro groups is 1. The molecule has 0 spiro atoms. The van der Waals surface area contributed by atoms with Crippen LogP contribution in [0, 0.1) is 17.0 Å². The van der Waals surface area contributed by atoms with E-state index >= 15 is 0 Å². The molecule has 0 aromatic carbocycles. The summed E-state index contributed by atoms with van der Waals surface area (Å²) in [7, 11) is -1.46. The number of rotatable bonds is 8. The molecule has 2 heterocycles. The Kier molecular flexibility index (Phi) is 7.31. The van der Waals surface area contributed by atoms with Crippen LogP contribution < -0.4 is 4.74 Å². The molecule has 11 nitrogen and oxygen atoms in total. The Hall–Kier alpha value is -2.38. The third-order valence-corrected chi connectivity index (χ3v) is 7.69. The van der Waals surface area contributed by atoms with E-state index in [9.17, 15) is 23.3 Å². The molecule has 1 atom stereocenters. The summed E-state index contributed by atoms with van der Waals surface area (Å²) in [6.07, 6.45) is 0. The van der Waals surface area contributed by atoms with Crippen molar-refractivity contribution >= 4 is 45.0 Å². The largest absolute Gasteiger partial charge is 0.481 e. The number of amides is 1. The Bertz CT molecular complexity index is 1090. The number of hydrogen-bond acceptors (Lipinski definition) is 9. The maximum atomic E-state index is 13.1. The minimum atomic E-state index is -4.29. The van der Waals surface area contributed by atoms with Crippen LogP contribution in [-0.4, -0.2) is 57.2 Å². The van der Waals surface area contributed by atoms with Crippen LogP contribution in [0.2, 0.25) is 5.15 Å². The first-order valence-electron chi connectivity index (χ1n) is 8.57. The summed E-state index contributed by atoms with van der Waals surface area (Å²) in [5.74, 6) is -0.652. The van der Waals surface area contributed by atoms with Gasteiger partial charge in [-0.2, -0.15) is 10.1 Å². The summed E-state index contributed by atoms with van der Waals surface area (Å²) >= 11 is 6.84. The highest BCUT2D eigenvalue weighted by Gasteiger charge is 2.36. The Morgan fingerprint density at radius 2 is 2.10 bits per heavy atom. The lowest BCUT2D eigenvalue weighted by Gasteiger charge is -2.23. The lowest BCUT2D eigenvalue weighted by atomic mass is 10.4. The van der Waals surface area contributed by atoms with Crippen LogP contribution in [0.1, 0.15) is 19.5 Å². The van der Waals surface area contributed by atoms with Crippen LogP contribution in [0.15, 0.2) is 22.1 Å². The maximum absolute atomic E-state index is 13.1. The zero-order valence-electron chi connectivity index (χ0n) is 16.8. The number of aryl methyl sites for hydroxylation is 2. The van der Waals surface area contributed by atoms with Gasteiger partial charge < -0.3 is 4.74 Å². The van der Waals surface area contributed by atoms with E-state index in [2.05, 4.69) is 10.1 Å². The second kappa shape index (κ2) is 9.18. The predicted octanol–water partition coefficient (Wildman–Crippen LogP) is 2.41. The van der Waals surface area contributed by atoms with E-state index < -0.39 is 26.1 Å². The van der Waals surface area contributed by atoms with E-state index in [1.165, 1.54) is 51.7 Å². The zero-order valence-corrected chi connectivity index (χ0v) is 19.2. The molecule has 2 rings (SSSR count). The second-order valence-corrected chi connectivity index (χ2v) is 9.52. The Balaban J connectivity index is 2.40. The van der Waals surface area contributed by atoms with Gasteiger partial charge in [0.1, 0.15) is 10.0 Å². The van der Waals surface area contributed by atoms with E-state index in [0.29, 0.717) is 4.31 Å². The van der Waals surface area contributed by atoms with Gasteiger partial charge >= 0.3 is 5.69 Å². The van der Waals surface area contributed by atoms with Crippen molar-refractivity contribution < 1.29 is 22.9 Å². The van der Waals surface area contributed by atoms with Crippen LogP contribution >= 0.6 is 23.4 Å². The first-order chi connectivity index (χ1) is 13.9. The lowest BCUT2D eigenvalue weighted by Crippen LogP contribution is -2.41. The van der Waals surface area contributed by atoms with E-state index in [1.807, 2.05) is 0 Å². The SMILES string of the molecule is CCN(C(=O)C(C)Sc1nc(OC)ccc1[N+](=O)[O-])S(=O)(=O)c1c(C)nn(C)c1Cl. The predicted molar refractivity (Wildman–Crippen MR) is 110 cm³/mol. The smallest absolute Gasteiger partial charge is 0.301 e. The number of carbonyl (C=O) groups excluding carboxylic acids is 1. The molecule has 0 bridgehead atoms. The first kappa shape index (κ1) is 23.9. The molecular weight excluding hydrogens is 458 g/mol. The monoisotopic (exact) mass is 477 g/mol. The molecule has 14 heteroatoms. The number of hydrogen-bond donors (Lipinski definition) is 0. The standard InChI is InChI=1S/C16H20ClN5O6S2/c1-6-21(30(26,27)13-9(2)19-20(4)14(13)17)16(23)10(3)29-15-11(22(24)25)7-8-12(18-15)28-5/h7-8,10H,6H2,1-5H3. The fourth-order valence-electron chi connectivity index (χ4n) is 2.63. The highest BCUT2D eigenvalue weighted by atomic mass is 35.5. The fraction of sp³-hybridized carbons (Fsp3) is 0.438. The van der Waals surface area contributed by atoms with Gasteiger partial charge in [0.25, 0.3) is 10.0 Å². The van der Waals surface area contributed by atoms with Gasteiger partial charge in [0.2, 0.25) is 11.8 Å². The lowest BCUT2D eigenvalue weighted by molar-refractivity contribution is -0.388. The van der Waals surface area contributed by atoms with Crippen molar-refractivity contribution in [3.05, 3.63) is 33.1 Å². The van der Waals surface area contributed by atoms with Crippen LogP contribution in [0.25, 0.3) is 0 Å². The molecule has 0 fully saturated rings. The number of ether oxygens (including phenoxy) is 1. The van der Waals surface area contributed by atoms with E-state index in [1.54, 1.807) is 0 Å². The zero-order chi connectivity index (χ0) is 22.8. The van der Waals surface area contributed by atoms with Crippen LogP contribution in [0.3, 0.4) is 0 Å². The number of halogens is 1. The molecule has 0 radical (unpaired) electrons. The molecule has 0 aliphatic heterocycles. The number of nitrogens with zero attached hydrogens (tertiary/aromatic N) is 5. The molecule has 1 unspecified atom stereocenters. The Morgan fingerprint density at radius 3 is 2.57 bits per heavy atom. The summed E-state index contributed by atoms with van der Waals surface area (Å²) in [5, 5.41) is 14.1. The molecule has 0 saturated heterocycles. The minimum absolute atomic E-state index is 0.0655. The van der Waals surface area contributed by atoms with Crippen molar-refractivity contribution in [3.63, 3.8) is 0 Å². The quantitative estimate of drug-likeness (QED) is 0.318. The number of aromatic nitrogens is 3. The minimum Gasteiger partial charge on any atom is -0.481 e. The van der Waals surface area contributed by atoms with Crippen molar-refractivity contribution in [2.45, 2.75) is 35.9 Å². The summed E-state index contributed by atoms with van der Waals surface area (Å²) in [6, 6.07) is 2.53. The topological polar surface area (TPSA) is 138 Å². The fourth-order valence-corrected chi connectivity index (χ4v) is 5.85. The van der Waals surface area contributed by atoms with Gasteiger partial charge in [-0.1, -0.05) is 23.4 Å². The van der Waals surface area contributed by atoms with E-state index in [0.717, 1.165) is 11.8 Å². The van der Waals surface area contributed by atoms with Crippen molar-refractivity contribution in [3.8, 4) is 5.88 Å². The third kappa shape index (κ3) is 4.52. The van der Waals surface area contributed by atoms with Crippen molar-refractivity contribution in [1.29, 1.82) is 0 Å². The van der Waals surface area contributed by atoms with Crippen LogP contribution in [-0.2, 0) is 21.9 Å². The van der Waals surface area contributed by atoms with Crippen molar-refractivity contribution in [1.82, 2.24) is 19.1 Å². The average Bonchev–Trinajstić information content (AvgIpc) is 2.93. The highest BCUT2D eigenvalue weighted by Crippen LogP contribution is 2.34. The molecule has 0 saturated carbocycles. The molecule has 164 valence electrons. The number of sulfonamides is 1. The van der Waals surface area contributed by atoms with Gasteiger partial charge in [0.15, 0.2) is 5.03 Å². The van der Waals surface area contributed by atoms with Gasteiger partial charge in [0.05, 0.1) is 23.0 Å². The molecule has 0 aliphatic rings. The van der Waals surface area contributed by atoms with Crippen LogP contribution in [0.4, 0.5) is 5.69 Å². The van der Waals surface area contributed by atoms with Gasteiger partial charge in [-0.15, -0.1) is 0 Å². The molecule has 2 aromatic heterocycles. The number of thioether (sulfide) groups is 1. The van der Waals surface area contributed by atoms with Gasteiger partial charge in [-0.25, -0.2) is 12.7 Å². The molecule has 0 aliphatic carbocycles. The highest BCUT2D eigenvalue weighted by molar-refractivity contribution is 8.00. The molecule has 2 aromatic rings. The molecule has 30 heavy (non-hydrogen) atoms. The second-order valence-electron chi connectivity index (χ2n) is 6.03. The van der Waals surface area contributed by atoms with Gasteiger partial charge in [-0.3, -0.25) is 19.6 Å². The first-order valence-corrected chi connectivity index (χ1v) is 11.3. The number of methoxy groups -OCH3 is 1. The van der Waals surface area contributed by atoms with Crippen LogP contribution in [0.5, 0.6) is 5.88 Å². The molecule has 0 N–H and O–H groups in total. The Labute approximate surface area is 182 Å². The van der Waals surface area contributed by atoms with Crippen molar-refractivity contribution in [2.24, 2.45) is 7.05 Å². The average molecular weight is 478 g/mol. The van der Waals surface area contributed by atoms with E-state index in [4.69, 9.17) is 16.3 Å². The normalized spacial score (nSPS) is 12.5. The van der Waals surface area contributed by atoms with Gasteiger partial charge in [-0.05, 0) is 20.8 Å². The van der Waals surface area contributed by atoms with Gasteiger partial charge in [0, 0.05) is 25.7 Å². The molecular formula is C16H20ClN5O6S2.